The Morgan fingerprint density at radius 1 is 1.25 bits per heavy atom. The minimum Gasteiger partial charge on any atom is -0.435 e. The first kappa shape index (κ1) is 9.15. The molecule has 1 spiro atoms. The van der Waals surface area contributed by atoms with Gasteiger partial charge in [0, 0.05) is 5.69 Å². The molecule has 4 nitrogen and oxygen atoms in total. The molecule has 2 heterocycles. The SMILES string of the molecule is O=C1CC2(C=CO1)C(=O)Nc1ccccc12. The Labute approximate surface area is 91.9 Å². The molecular weight excluding hydrogens is 206 g/mol. The standard InChI is InChI=1S/C12H9NO3/c14-10-7-12(5-6-16-10)8-3-1-2-4-9(8)13-11(12)15/h1-6H,7H2,(H,13,15). The Hall–Kier alpha value is -2.10. The van der Waals surface area contributed by atoms with Crippen LogP contribution in [0.3, 0.4) is 0 Å². The number of rotatable bonds is 0. The number of fused-ring (bicyclic) bond motifs is 2. The van der Waals surface area contributed by atoms with E-state index in [-0.39, 0.29) is 18.3 Å². The molecule has 0 fully saturated rings. The molecule has 3 rings (SSSR count). The minimum absolute atomic E-state index is 0.0619. The number of carbonyl (C=O) groups is 2. The Kier molecular flexibility index (Phi) is 1.68. The quantitative estimate of drug-likeness (QED) is 0.664. The molecule has 0 bridgehead atoms. The maximum absolute atomic E-state index is 12.0. The molecule has 1 N–H and O–H groups in total. The molecule has 4 heteroatoms. The van der Waals surface area contributed by atoms with Crippen molar-refractivity contribution in [2.24, 2.45) is 0 Å². The Bertz CT molecular complexity index is 521. The predicted molar refractivity (Wildman–Crippen MR) is 56.6 cm³/mol. The van der Waals surface area contributed by atoms with Gasteiger partial charge in [-0.05, 0) is 17.7 Å². The van der Waals surface area contributed by atoms with Gasteiger partial charge in [-0.25, -0.2) is 0 Å². The molecule has 2 aliphatic rings. The van der Waals surface area contributed by atoms with Crippen LogP contribution in [-0.2, 0) is 19.7 Å². The molecule has 1 atom stereocenters. The lowest BCUT2D eigenvalue weighted by Gasteiger charge is -2.24. The lowest BCUT2D eigenvalue weighted by atomic mass is 9.78. The molecule has 1 amide bonds. The number of cyclic esters (lactones) is 1. The summed E-state index contributed by atoms with van der Waals surface area (Å²) in [6.45, 7) is 0. The van der Waals surface area contributed by atoms with Crippen LogP contribution >= 0.6 is 0 Å². The van der Waals surface area contributed by atoms with Crippen molar-refractivity contribution in [3.8, 4) is 0 Å². The molecular formula is C12H9NO3. The van der Waals surface area contributed by atoms with E-state index >= 15 is 0 Å². The number of ether oxygens (including phenoxy) is 1. The average Bonchev–Trinajstić information content (AvgIpc) is 2.53. The van der Waals surface area contributed by atoms with Gasteiger partial charge in [0.1, 0.15) is 5.41 Å². The second kappa shape index (κ2) is 2.95. The zero-order valence-electron chi connectivity index (χ0n) is 8.40. The predicted octanol–water partition coefficient (Wildman–Crippen LogP) is 1.34. The fraction of sp³-hybridized carbons (Fsp3) is 0.167. The van der Waals surface area contributed by atoms with E-state index in [0.29, 0.717) is 0 Å². The number of nitrogens with one attached hydrogen (secondary N) is 1. The average molecular weight is 215 g/mol. The Morgan fingerprint density at radius 3 is 2.88 bits per heavy atom. The first-order chi connectivity index (χ1) is 7.72. The molecule has 0 radical (unpaired) electrons. The number of benzene rings is 1. The number of hydrogen-bond donors (Lipinski definition) is 1. The largest absolute Gasteiger partial charge is 0.435 e. The molecule has 0 saturated carbocycles. The number of carbonyl (C=O) groups excluding carboxylic acids is 2. The summed E-state index contributed by atoms with van der Waals surface area (Å²) >= 11 is 0. The van der Waals surface area contributed by atoms with Crippen LogP contribution in [0.25, 0.3) is 0 Å². The highest BCUT2D eigenvalue weighted by atomic mass is 16.5. The summed E-state index contributed by atoms with van der Waals surface area (Å²) in [4.78, 5) is 23.3. The Balaban J connectivity index is 2.21. The van der Waals surface area contributed by atoms with Crippen molar-refractivity contribution in [2.75, 3.05) is 5.32 Å². The Morgan fingerprint density at radius 2 is 2.06 bits per heavy atom. The normalized spacial score (nSPS) is 26.5. The van der Waals surface area contributed by atoms with Crippen LogP contribution in [-0.4, -0.2) is 11.9 Å². The highest BCUT2D eigenvalue weighted by molar-refractivity contribution is 6.09. The summed E-state index contributed by atoms with van der Waals surface area (Å²) in [6.07, 6.45) is 3.01. The van der Waals surface area contributed by atoms with Crippen LogP contribution in [0.4, 0.5) is 5.69 Å². The van der Waals surface area contributed by atoms with Gasteiger partial charge in [0.15, 0.2) is 0 Å². The van der Waals surface area contributed by atoms with Crippen molar-refractivity contribution in [2.45, 2.75) is 11.8 Å². The summed E-state index contributed by atoms with van der Waals surface area (Å²) in [6, 6.07) is 7.39. The second-order valence-corrected chi connectivity index (χ2v) is 3.94. The van der Waals surface area contributed by atoms with E-state index in [1.807, 2.05) is 24.3 Å². The van der Waals surface area contributed by atoms with Crippen LogP contribution in [0.2, 0.25) is 0 Å². The van der Waals surface area contributed by atoms with Crippen molar-refractivity contribution in [1.82, 2.24) is 0 Å². The minimum atomic E-state index is -0.869. The first-order valence-corrected chi connectivity index (χ1v) is 5.00. The fourth-order valence-electron chi connectivity index (χ4n) is 2.23. The summed E-state index contributed by atoms with van der Waals surface area (Å²) in [5.74, 6) is -0.545. The van der Waals surface area contributed by atoms with Gasteiger partial charge in [-0.1, -0.05) is 18.2 Å². The highest BCUT2D eigenvalue weighted by Crippen LogP contribution is 2.42. The molecule has 1 aromatic carbocycles. The van der Waals surface area contributed by atoms with Crippen LogP contribution in [0.1, 0.15) is 12.0 Å². The molecule has 16 heavy (non-hydrogen) atoms. The van der Waals surface area contributed by atoms with E-state index in [1.165, 1.54) is 6.26 Å². The van der Waals surface area contributed by atoms with Gasteiger partial charge in [0.2, 0.25) is 5.91 Å². The van der Waals surface area contributed by atoms with Crippen molar-refractivity contribution >= 4 is 17.6 Å². The molecule has 2 aliphatic heterocycles. The zero-order chi connectivity index (χ0) is 11.2. The van der Waals surface area contributed by atoms with E-state index < -0.39 is 5.41 Å². The molecule has 0 aliphatic carbocycles. The summed E-state index contributed by atoms with van der Waals surface area (Å²) in [5.41, 5.74) is 0.742. The fourth-order valence-corrected chi connectivity index (χ4v) is 2.23. The number of para-hydroxylation sites is 1. The van der Waals surface area contributed by atoms with Gasteiger partial charge in [-0.3, -0.25) is 9.59 Å². The molecule has 1 unspecified atom stereocenters. The molecule has 0 aromatic heterocycles. The topological polar surface area (TPSA) is 55.4 Å². The maximum Gasteiger partial charge on any atom is 0.312 e. The summed E-state index contributed by atoms with van der Waals surface area (Å²) in [7, 11) is 0. The monoisotopic (exact) mass is 215 g/mol. The van der Waals surface area contributed by atoms with Crippen molar-refractivity contribution in [1.29, 1.82) is 0 Å². The second-order valence-electron chi connectivity index (χ2n) is 3.94. The lowest BCUT2D eigenvalue weighted by Crippen LogP contribution is -2.37. The van der Waals surface area contributed by atoms with Gasteiger partial charge in [0.05, 0.1) is 12.7 Å². The van der Waals surface area contributed by atoms with Gasteiger partial charge < -0.3 is 10.1 Å². The van der Waals surface area contributed by atoms with Crippen molar-refractivity contribution < 1.29 is 14.3 Å². The highest BCUT2D eigenvalue weighted by Gasteiger charge is 2.48. The maximum atomic E-state index is 12.0. The van der Waals surface area contributed by atoms with E-state index in [0.717, 1.165) is 11.3 Å². The van der Waals surface area contributed by atoms with Crippen LogP contribution in [0.15, 0.2) is 36.6 Å². The number of anilines is 1. The van der Waals surface area contributed by atoms with E-state index in [4.69, 9.17) is 4.74 Å². The third-order valence-corrected chi connectivity index (χ3v) is 3.04. The van der Waals surface area contributed by atoms with E-state index in [1.54, 1.807) is 6.08 Å². The summed E-state index contributed by atoms with van der Waals surface area (Å²) < 4.78 is 4.73. The zero-order valence-corrected chi connectivity index (χ0v) is 8.40. The summed E-state index contributed by atoms with van der Waals surface area (Å²) in [5, 5.41) is 2.78. The van der Waals surface area contributed by atoms with Gasteiger partial charge in [0.25, 0.3) is 0 Å². The van der Waals surface area contributed by atoms with Gasteiger partial charge in [-0.15, -0.1) is 0 Å². The van der Waals surface area contributed by atoms with Crippen molar-refractivity contribution in [3.63, 3.8) is 0 Å². The third kappa shape index (κ3) is 1.04. The third-order valence-electron chi connectivity index (χ3n) is 3.04. The molecule has 1 aromatic rings. The van der Waals surface area contributed by atoms with Crippen LogP contribution < -0.4 is 5.32 Å². The van der Waals surface area contributed by atoms with Crippen LogP contribution in [0.5, 0.6) is 0 Å². The molecule has 0 saturated heterocycles. The van der Waals surface area contributed by atoms with Crippen LogP contribution in [0, 0.1) is 0 Å². The molecule has 80 valence electrons. The first-order valence-electron chi connectivity index (χ1n) is 5.00. The number of esters is 1. The number of hydrogen-bond acceptors (Lipinski definition) is 3. The van der Waals surface area contributed by atoms with Gasteiger partial charge in [-0.2, -0.15) is 0 Å². The van der Waals surface area contributed by atoms with E-state index in [2.05, 4.69) is 5.32 Å². The van der Waals surface area contributed by atoms with Gasteiger partial charge >= 0.3 is 5.97 Å². The number of amides is 1. The lowest BCUT2D eigenvalue weighted by molar-refractivity contribution is -0.142. The van der Waals surface area contributed by atoms with E-state index in [9.17, 15) is 9.59 Å². The van der Waals surface area contributed by atoms with Crippen molar-refractivity contribution in [3.05, 3.63) is 42.2 Å². The smallest absolute Gasteiger partial charge is 0.312 e.